The van der Waals surface area contributed by atoms with Crippen LogP contribution < -0.4 is 4.90 Å². The first-order valence-electron chi connectivity index (χ1n) is 17.8. The van der Waals surface area contributed by atoms with E-state index < -0.39 is 0 Å². The summed E-state index contributed by atoms with van der Waals surface area (Å²) in [6, 6.07) is 52.1. The van der Waals surface area contributed by atoms with E-state index in [4.69, 9.17) is 0 Å². The Hall–Kier alpha value is -7.44. The molecule has 6 aromatic carbocycles. The maximum absolute atomic E-state index is 15.0. The van der Waals surface area contributed by atoms with Crippen molar-refractivity contribution in [1.29, 1.82) is 0 Å². The Morgan fingerprint density at radius 1 is 0.370 bits per heavy atom. The van der Waals surface area contributed by atoms with Crippen LogP contribution >= 0.6 is 0 Å². The number of anilines is 1. The SMILES string of the molecule is O=C1c2cccc(-n3c4cccc(-c5ccncc5)c4c4c(-c5ccncc5)cccc43)c2C(=O)N1c1ccc(-c2ccccc2)cc1-c1ccccc1. The molecule has 0 saturated carbocycles. The largest absolute Gasteiger partial charge is 0.308 e. The summed E-state index contributed by atoms with van der Waals surface area (Å²) in [5.74, 6) is -0.710. The zero-order chi connectivity index (χ0) is 36.2. The standard InChI is InChI=1S/C48H30N4O2/c53-47-38-16-9-19-43(46(38)48(54)52(47)40-21-20-35(31-10-3-1-4-11-31)30-39(40)32-12-5-2-6-13-32)51-41-17-7-14-36(33-22-26-49-27-23-33)44(41)45-37(15-8-18-42(45)51)34-24-28-50-29-25-34/h1-30H. The Morgan fingerprint density at radius 2 is 0.889 bits per heavy atom. The first kappa shape index (κ1) is 31.3. The summed E-state index contributed by atoms with van der Waals surface area (Å²) in [7, 11) is 0. The zero-order valence-corrected chi connectivity index (χ0v) is 28.9. The highest BCUT2D eigenvalue weighted by atomic mass is 16.2. The maximum Gasteiger partial charge on any atom is 0.268 e. The number of carbonyl (C=O) groups excluding carboxylic acids is 2. The highest BCUT2D eigenvalue weighted by Gasteiger charge is 2.40. The van der Waals surface area contributed by atoms with E-state index in [1.165, 1.54) is 4.90 Å². The van der Waals surface area contributed by atoms with Gasteiger partial charge in [0.2, 0.25) is 0 Å². The average molecular weight is 695 g/mol. The monoisotopic (exact) mass is 694 g/mol. The molecule has 6 nitrogen and oxygen atoms in total. The Morgan fingerprint density at radius 3 is 1.48 bits per heavy atom. The first-order valence-corrected chi connectivity index (χ1v) is 17.8. The van der Waals surface area contributed by atoms with Crippen LogP contribution in [0.15, 0.2) is 183 Å². The lowest BCUT2D eigenvalue weighted by Crippen LogP contribution is -2.30. The van der Waals surface area contributed by atoms with Gasteiger partial charge < -0.3 is 4.57 Å². The second kappa shape index (κ2) is 12.7. The van der Waals surface area contributed by atoms with Gasteiger partial charge in [-0.1, -0.05) is 97.1 Å². The quantitative estimate of drug-likeness (QED) is 0.163. The lowest BCUT2D eigenvalue weighted by atomic mass is 9.95. The number of hydrogen-bond acceptors (Lipinski definition) is 4. The highest BCUT2D eigenvalue weighted by molar-refractivity contribution is 6.36. The Labute approximate surface area is 311 Å². The van der Waals surface area contributed by atoms with Crippen molar-refractivity contribution >= 4 is 39.3 Å². The van der Waals surface area contributed by atoms with Crippen molar-refractivity contribution in [2.75, 3.05) is 4.90 Å². The van der Waals surface area contributed by atoms with Crippen LogP contribution in [0.5, 0.6) is 0 Å². The molecule has 10 rings (SSSR count). The summed E-state index contributed by atoms with van der Waals surface area (Å²) < 4.78 is 2.14. The van der Waals surface area contributed by atoms with Crippen molar-refractivity contribution in [1.82, 2.24) is 14.5 Å². The van der Waals surface area contributed by atoms with Gasteiger partial charge in [-0.25, -0.2) is 4.90 Å². The van der Waals surface area contributed by atoms with Gasteiger partial charge in [-0.05, 0) is 99.6 Å². The minimum absolute atomic E-state index is 0.350. The Bertz CT molecular complexity index is 2810. The summed E-state index contributed by atoms with van der Waals surface area (Å²) >= 11 is 0. The molecule has 6 heteroatoms. The van der Waals surface area contributed by atoms with E-state index in [2.05, 4.69) is 57.0 Å². The van der Waals surface area contributed by atoms with Gasteiger partial charge in [-0.15, -0.1) is 0 Å². The molecule has 9 aromatic rings. The van der Waals surface area contributed by atoms with Crippen LogP contribution in [0.1, 0.15) is 20.7 Å². The predicted octanol–water partition coefficient (Wildman–Crippen LogP) is 11.0. The number of hydrogen-bond donors (Lipinski definition) is 0. The van der Waals surface area contributed by atoms with Crippen molar-refractivity contribution in [3.63, 3.8) is 0 Å². The number of amides is 2. The number of fused-ring (bicyclic) bond motifs is 4. The summed E-state index contributed by atoms with van der Waals surface area (Å²) in [6.45, 7) is 0. The number of pyridine rings is 2. The first-order chi connectivity index (χ1) is 26.7. The third-order valence-electron chi connectivity index (χ3n) is 10.4. The fourth-order valence-electron chi connectivity index (χ4n) is 7.97. The molecule has 1 aliphatic rings. The molecule has 3 aromatic heterocycles. The molecule has 4 heterocycles. The van der Waals surface area contributed by atoms with Crippen molar-refractivity contribution in [3.05, 3.63) is 194 Å². The van der Waals surface area contributed by atoms with Crippen LogP contribution in [0, 0.1) is 0 Å². The van der Waals surface area contributed by atoms with Crippen LogP contribution in [-0.2, 0) is 0 Å². The molecule has 0 spiro atoms. The van der Waals surface area contributed by atoms with E-state index >= 15 is 0 Å². The normalized spacial score (nSPS) is 12.5. The van der Waals surface area contributed by atoms with E-state index in [-0.39, 0.29) is 11.8 Å². The fraction of sp³-hybridized carbons (Fsp3) is 0. The van der Waals surface area contributed by atoms with E-state index in [9.17, 15) is 9.59 Å². The molecule has 0 atom stereocenters. The molecule has 0 unspecified atom stereocenters. The molecule has 0 bridgehead atoms. The van der Waals surface area contributed by atoms with E-state index in [1.807, 2.05) is 109 Å². The number of nitrogens with zero attached hydrogens (tertiary/aromatic N) is 4. The van der Waals surface area contributed by atoms with Gasteiger partial charge in [0.25, 0.3) is 11.8 Å². The average Bonchev–Trinajstić information content (AvgIpc) is 3.72. The minimum Gasteiger partial charge on any atom is -0.308 e. The summed E-state index contributed by atoms with van der Waals surface area (Å²) in [5.41, 5.74) is 11.7. The molecule has 254 valence electrons. The lowest BCUT2D eigenvalue weighted by molar-refractivity contribution is 0.0926. The minimum atomic E-state index is -0.360. The molecule has 1 aliphatic heterocycles. The van der Waals surface area contributed by atoms with Crippen LogP contribution in [0.2, 0.25) is 0 Å². The van der Waals surface area contributed by atoms with Crippen LogP contribution in [0.4, 0.5) is 5.69 Å². The fourth-order valence-corrected chi connectivity index (χ4v) is 7.97. The van der Waals surface area contributed by atoms with Crippen molar-refractivity contribution in [2.45, 2.75) is 0 Å². The molecule has 0 radical (unpaired) electrons. The second-order valence-electron chi connectivity index (χ2n) is 13.3. The summed E-state index contributed by atoms with van der Waals surface area (Å²) in [4.78, 5) is 39.5. The topological polar surface area (TPSA) is 68.1 Å². The van der Waals surface area contributed by atoms with Crippen molar-refractivity contribution in [3.8, 4) is 50.2 Å². The smallest absolute Gasteiger partial charge is 0.268 e. The molecule has 0 fully saturated rings. The Balaban J connectivity index is 1.21. The number of benzene rings is 6. The molecule has 0 N–H and O–H groups in total. The summed E-state index contributed by atoms with van der Waals surface area (Å²) in [6.07, 6.45) is 7.21. The second-order valence-corrected chi connectivity index (χ2v) is 13.3. The maximum atomic E-state index is 15.0. The van der Waals surface area contributed by atoms with Gasteiger partial charge in [0.1, 0.15) is 0 Å². The van der Waals surface area contributed by atoms with Gasteiger partial charge >= 0.3 is 0 Å². The molecule has 0 aliphatic carbocycles. The zero-order valence-electron chi connectivity index (χ0n) is 28.9. The summed E-state index contributed by atoms with van der Waals surface area (Å²) in [5, 5.41) is 2.08. The van der Waals surface area contributed by atoms with Gasteiger partial charge in [-0.3, -0.25) is 19.6 Å². The Kier molecular flexibility index (Phi) is 7.34. The number of imide groups is 1. The van der Waals surface area contributed by atoms with E-state index in [1.54, 1.807) is 30.9 Å². The van der Waals surface area contributed by atoms with Gasteiger partial charge in [0.15, 0.2) is 0 Å². The number of aromatic nitrogens is 3. The molecular formula is C48H30N4O2. The number of carbonyl (C=O) groups is 2. The highest BCUT2D eigenvalue weighted by Crippen LogP contribution is 2.45. The van der Waals surface area contributed by atoms with Crippen molar-refractivity contribution < 1.29 is 9.59 Å². The van der Waals surface area contributed by atoms with Crippen molar-refractivity contribution in [2.24, 2.45) is 0 Å². The molecule has 54 heavy (non-hydrogen) atoms. The van der Waals surface area contributed by atoms with Crippen LogP contribution in [-0.4, -0.2) is 26.3 Å². The lowest BCUT2D eigenvalue weighted by Gasteiger charge is -2.20. The molecule has 0 saturated heterocycles. The third-order valence-corrected chi connectivity index (χ3v) is 10.4. The van der Waals surface area contributed by atoms with Gasteiger partial charge in [0.05, 0.1) is 33.5 Å². The van der Waals surface area contributed by atoms with Crippen LogP contribution in [0.3, 0.4) is 0 Å². The van der Waals surface area contributed by atoms with E-state index in [0.717, 1.165) is 66.3 Å². The van der Waals surface area contributed by atoms with Gasteiger partial charge in [-0.2, -0.15) is 0 Å². The molecular weight excluding hydrogens is 665 g/mol. The third kappa shape index (κ3) is 4.89. The number of rotatable bonds is 6. The van der Waals surface area contributed by atoms with E-state index in [0.29, 0.717) is 22.5 Å². The molecule has 2 amide bonds. The predicted molar refractivity (Wildman–Crippen MR) is 216 cm³/mol. The van der Waals surface area contributed by atoms with Gasteiger partial charge in [0, 0.05) is 41.1 Å². The van der Waals surface area contributed by atoms with Crippen LogP contribution in [0.25, 0.3) is 72.0 Å².